The molecule has 0 bridgehead atoms. The number of aromatic nitrogens is 3. The third-order valence-corrected chi connectivity index (χ3v) is 2.53. The van der Waals surface area contributed by atoms with Crippen molar-refractivity contribution in [1.29, 1.82) is 0 Å². The largest absolute Gasteiger partial charge is 0.385 e. The highest BCUT2D eigenvalue weighted by Crippen LogP contribution is 2.07. The summed E-state index contributed by atoms with van der Waals surface area (Å²) in [5.74, 6) is 2.12. The second-order valence-electron chi connectivity index (χ2n) is 3.41. The fourth-order valence-electron chi connectivity index (χ4n) is 1.47. The highest BCUT2D eigenvalue weighted by atomic mass is 35.5. The van der Waals surface area contributed by atoms with Gasteiger partial charge in [-0.15, -0.1) is 21.8 Å². The summed E-state index contributed by atoms with van der Waals surface area (Å²) < 4.78 is 12.1. The van der Waals surface area contributed by atoms with Gasteiger partial charge in [0, 0.05) is 33.8 Å². The van der Waals surface area contributed by atoms with Gasteiger partial charge in [0.15, 0.2) is 0 Å². The molecular formula is C10H18ClN3O2. The van der Waals surface area contributed by atoms with E-state index in [0.717, 1.165) is 37.6 Å². The molecule has 0 aliphatic heterocycles. The maximum atomic E-state index is 5.80. The molecule has 6 heteroatoms. The lowest BCUT2D eigenvalue weighted by atomic mass is 10.3. The summed E-state index contributed by atoms with van der Waals surface area (Å²) in [6, 6.07) is 0. The van der Waals surface area contributed by atoms with Crippen LogP contribution in [-0.4, -0.2) is 42.2 Å². The topological polar surface area (TPSA) is 49.2 Å². The average Bonchev–Trinajstić information content (AvgIpc) is 2.69. The Hall–Kier alpha value is -0.650. The van der Waals surface area contributed by atoms with Gasteiger partial charge in [-0.3, -0.25) is 0 Å². The van der Waals surface area contributed by atoms with E-state index in [1.165, 1.54) is 0 Å². The van der Waals surface area contributed by atoms with E-state index in [9.17, 15) is 0 Å². The van der Waals surface area contributed by atoms with Gasteiger partial charge in [-0.25, -0.2) is 0 Å². The minimum atomic E-state index is 0.376. The number of ether oxygens (including phenoxy) is 2. The molecule has 0 spiro atoms. The van der Waals surface area contributed by atoms with E-state index in [0.29, 0.717) is 12.5 Å². The van der Waals surface area contributed by atoms with Gasteiger partial charge < -0.3 is 14.0 Å². The van der Waals surface area contributed by atoms with Gasteiger partial charge in [-0.05, 0) is 6.42 Å². The van der Waals surface area contributed by atoms with Crippen molar-refractivity contribution in [3.05, 3.63) is 11.6 Å². The molecule has 0 aliphatic carbocycles. The second-order valence-corrected chi connectivity index (χ2v) is 3.67. The number of methoxy groups -OCH3 is 2. The number of nitrogens with zero attached hydrogens (tertiary/aromatic N) is 3. The number of halogens is 1. The molecule has 0 saturated heterocycles. The van der Waals surface area contributed by atoms with Crippen molar-refractivity contribution in [3.8, 4) is 0 Å². The van der Waals surface area contributed by atoms with Crippen LogP contribution in [0.4, 0.5) is 0 Å². The quantitative estimate of drug-likeness (QED) is 0.512. The first kappa shape index (κ1) is 13.4. The Labute approximate surface area is 101 Å². The summed E-state index contributed by atoms with van der Waals surface area (Å²) in [5.41, 5.74) is 0. The van der Waals surface area contributed by atoms with Crippen molar-refractivity contribution in [2.45, 2.75) is 25.3 Å². The molecule has 92 valence electrons. The van der Waals surface area contributed by atoms with Crippen LogP contribution in [0.15, 0.2) is 0 Å². The minimum absolute atomic E-state index is 0.376. The van der Waals surface area contributed by atoms with E-state index in [1.807, 2.05) is 4.57 Å². The van der Waals surface area contributed by atoms with E-state index in [4.69, 9.17) is 21.1 Å². The molecule has 0 aromatic carbocycles. The standard InChI is InChI=1S/C10H18ClN3O2/c1-15-6-3-4-9-12-13-10(8-11)14(9)5-7-16-2/h3-8H2,1-2H3. The monoisotopic (exact) mass is 247 g/mol. The molecule has 1 heterocycles. The number of hydrogen-bond acceptors (Lipinski definition) is 4. The molecule has 0 radical (unpaired) electrons. The van der Waals surface area contributed by atoms with Crippen LogP contribution >= 0.6 is 11.6 Å². The minimum Gasteiger partial charge on any atom is -0.385 e. The van der Waals surface area contributed by atoms with E-state index >= 15 is 0 Å². The number of aryl methyl sites for hydroxylation is 1. The molecule has 0 atom stereocenters. The van der Waals surface area contributed by atoms with Gasteiger partial charge >= 0.3 is 0 Å². The number of rotatable bonds is 8. The average molecular weight is 248 g/mol. The Morgan fingerprint density at radius 3 is 2.44 bits per heavy atom. The van der Waals surface area contributed by atoms with Crippen LogP contribution in [0.5, 0.6) is 0 Å². The Morgan fingerprint density at radius 1 is 1.12 bits per heavy atom. The Morgan fingerprint density at radius 2 is 1.81 bits per heavy atom. The Bertz CT molecular complexity index is 304. The third-order valence-electron chi connectivity index (χ3n) is 2.29. The zero-order valence-corrected chi connectivity index (χ0v) is 10.5. The molecular weight excluding hydrogens is 230 g/mol. The molecule has 0 aliphatic rings. The molecule has 0 fully saturated rings. The highest BCUT2D eigenvalue weighted by Gasteiger charge is 2.10. The van der Waals surface area contributed by atoms with E-state index < -0.39 is 0 Å². The van der Waals surface area contributed by atoms with Crippen LogP contribution < -0.4 is 0 Å². The Balaban J connectivity index is 2.62. The molecule has 0 amide bonds. The zero-order chi connectivity index (χ0) is 11.8. The first-order valence-corrected chi connectivity index (χ1v) is 5.81. The van der Waals surface area contributed by atoms with Crippen LogP contribution in [0.3, 0.4) is 0 Å². The fraction of sp³-hybridized carbons (Fsp3) is 0.800. The SMILES string of the molecule is COCCCc1nnc(CCl)n1CCOC. The second kappa shape index (κ2) is 7.60. The smallest absolute Gasteiger partial charge is 0.148 e. The van der Waals surface area contributed by atoms with Crippen LogP contribution in [0.25, 0.3) is 0 Å². The van der Waals surface area contributed by atoms with Crippen LogP contribution in [0.1, 0.15) is 18.1 Å². The first-order valence-electron chi connectivity index (χ1n) is 5.28. The van der Waals surface area contributed by atoms with Gasteiger partial charge in [-0.2, -0.15) is 0 Å². The van der Waals surface area contributed by atoms with Crippen molar-refractivity contribution >= 4 is 11.6 Å². The summed E-state index contributed by atoms with van der Waals surface area (Å²) in [6.45, 7) is 2.11. The number of alkyl halides is 1. The Kier molecular flexibility index (Phi) is 6.37. The van der Waals surface area contributed by atoms with Crippen molar-refractivity contribution in [2.24, 2.45) is 0 Å². The lowest BCUT2D eigenvalue weighted by Gasteiger charge is -2.08. The lowest BCUT2D eigenvalue weighted by Crippen LogP contribution is -2.11. The summed E-state index contributed by atoms with van der Waals surface area (Å²) in [4.78, 5) is 0. The molecule has 0 unspecified atom stereocenters. The fourth-order valence-corrected chi connectivity index (χ4v) is 1.67. The van der Waals surface area contributed by atoms with Crippen LogP contribution in [0.2, 0.25) is 0 Å². The molecule has 1 rings (SSSR count). The van der Waals surface area contributed by atoms with Crippen molar-refractivity contribution in [3.63, 3.8) is 0 Å². The van der Waals surface area contributed by atoms with Crippen molar-refractivity contribution in [1.82, 2.24) is 14.8 Å². The summed E-state index contributed by atoms with van der Waals surface area (Å²) in [6.07, 6.45) is 1.78. The molecule has 0 saturated carbocycles. The predicted molar refractivity (Wildman–Crippen MR) is 61.7 cm³/mol. The first-order chi connectivity index (χ1) is 7.83. The van der Waals surface area contributed by atoms with Crippen LogP contribution in [0, 0.1) is 0 Å². The summed E-state index contributed by atoms with van der Waals surface area (Å²) in [5, 5.41) is 8.18. The van der Waals surface area contributed by atoms with E-state index in [-0.39, 0.29) is 0 Å². The molecule has 5 nitrogen and oxygen atoms in total. The normalized spacial score (nSPS) is 10.9. The maximum absolute atomic E-state index is 5.80. The number of hydrogen-bond donors (Lipinski definition) is 0. The molecule has 0 N–H and O–H groups in total. The van der Waals surface area contributed by atoms with Crippen LogP contribution in [-0.2, 0) is 28.3 Å². The highest BCUT2D eigenvalue weighted by molar-refractivity contribution is 6.16. The lowest BCUT2D eigenvalue weighted by molar-refractivity contribution is 0.183. The molecule has 16 heavy (non-hydrogen) atoms. The maximum Gasteiger partial charge on any atom is 0.148 e. The van der Waals surface area contributed by atoms with E-state index in [1.54, 1.807) is 14.2 Å². The van der Waals surface area contributed by atoms with Crippen molar-refractivity contribution in [2.75, 3.05) is 27.4 Å². The molecule has 1 aromatic heterocycles. The van der Waals surface area contributed by atoms with Gasteiger partial charge in [0.25, 0.3) is 0 Å². The zero-order valence-electron chi connectivity index (χ0n) is 9.78. The van der Waals surface area contributed by atoms with Gasteiger partial charge in [-0.1, -0.05) is 0 Å². The van der Waals surface area contributed by atoms with Gasteiger partial charge in [0.1, 0.15) is 11.6 Å². The predicted octanol–water partition coefficient (Wildman–Crippen LogP) is 1.24. The van der Waals surface area contributed by atoms with E-state index in [2.05, 4.69) is 10.2 Å². The molecule has 1 aromatic rings. The summed E-state index contributed by atoms with van der Waals surface area (Å²) in [7, 11) is 3.37. The van der Waals surface area contributed by atoms with Gasteiger partial charge in [0.05, 0.1) is 12.5 Å². The summed E-state index contributed by atoms with van der Waals surface area (Å²) >= 11 is 5.80. The third kappa shape index (κ3) is 3.73. The van der Waals surface area contributed by atoms with Crippen molar-refractivity contribution < 1.29 is 9.47 Å². The van der Waals surface area contributed by atoms with Gasteiger partial charge in [0.2, 0.25) is 0 Å².